The van der Waals surface area contributed by atoms with Crippen LogP contribution in [0, 0.1) is 0 Å². The van der Waals surface area contributed by atoms with E-state index in [-0.39, 0.29) is 0 Å². The van der Waals surface area contributed by atoms with Crippen LogP contribution in [0.3, 0.4) is 0 Å². The Morgan fingerprint density at radius 3 is 2.71 bits per heavy atom. The lowest BCUT2D eigenvalue weighted by atomic mass is 10.1. The van der Waals surface area contributed by atoms with E-state index in [9.17, 15) is 0 Å². The number of fused-ring (bicyclic) bond motifs is 1. The molecule has 17 heavy (non-hydrogen) atoms. The molecule has 0 radical (unpaired) electrons. The van der Waals surface area contributed by atoms with E-state index in [0.29, 0.717) is 0 Å². The second-order valence-corrected chi connectivity index (χ2v) is 4.34. The molecule has 0 aliphatic carbocycles. The van der Waals surface area contributed by atoms with Gasteiger partial charge in [-0.2, -0.15) is 0 Å². The van der Waals surface area contributed by atoms with Crippen LogP contribution in [0.15, 0.2) is 27.6 Å². The third-order valence-corrected chi connectivity index (χ3v) is 3.46. The number of hydrogen-bond acceptors (Lipinski definition) is 4. The second-order valence-electron chi connectivity index (χ2n) is 3.78. The van der Waals surface area contributed by atoms with Crippen LogP contribution >= 0.6 is 15.9 Å². The molecule has 2 rings (SSSR count). The van der Waals surface area contributed by atoms with Gasteiger partial charge in [-0.3, -0.25) is 0 Å². The Kier molecular flexibility index (Phi) is 3.89. The van der Waals surface area contributed by atoms with E-state index in [1.54, 1.807) is 0 Å². The van der Waals surface area contributed by atoms with Gasteiger partial charge in [0.25, 0.3) is 0 Å². The van der Waals surface area contributed by atoms with Gasteiger partial charge in [-0.05, 0) is 30.7 Å². The highest BCUT2D eigenvalue weighted by Gasteiger charge is 2.07. The van der Waals surface area contributed by atoms with Crippen LogP contribution in [0.1, 0.15) is 19.4 Å². The first-order valence-electron chi connectivity index (χ1n) is 5.72. The van der Waals surface area contributed by atoms with Crippen molar-refractivity contribution < 1.29 is 0 Å². The quantitative estimate of drug-likeness (QED) is 0.786. The lowest BCUT2D eigenvalue weighted by Gasteiger charge is -2.15. The average molecular weight is 295 g/mol. The zero-order chi connectivity index (χ0) is 12.3. The van der Waals surface area contributed by atoms with Crippen molar-refractivity contribution in [2.45, 2.75) is 19.2 Å². The molecule has 0 amide bonds. The van der Waals surface area contributed by atoms with Gasteiger partial charge < -0.3 is 4.90 Å². The third kappa shape index (κ3) is 2.39. The maximum Gasteiger partial charge on any atom is 0.124 e. The molecule has 5 heteroatoms. The Bertz CT molecular complexity index is 546. The smallest absolute Gasteiger partial charge is 0.124 e. The largest absolute Gasteiger partial charge is 0.377 e. The van der Waals surface area contributed by atoms with Crippen LogP contribution in [0.5, 0.6) is 0 Å². The van der Waals surface area contributed by atoms with Crippen LogP contribution in [-0.4, -0.2) is 18.0 Å². The normalized spacial score (nSPS) is 13.7. The second kappa shape index (κ2) is 5.40. The van der Waals surface area contributed by atoms with Crippen molar-refractivity contribution >= 4 is 27.8 Å². The molecule has 90 valence electrons. The van der Waals surface area contributed by atoms with Gasteiger partial charge in [-0.25, -0.2) is 0 Å². The van der Waals surface area contributed by atoms with Crippen molar-refractivity contribution in [1.29, 1.82) is 0 Å². The van der Waals surface area contributed by atoms with Crippen molar-refractivity contribution in [3.8, 4) is 0 Å². The van der Waals surface area contributed by atoms with E-state index in [4.69, 9.17) is 0 Å². The summed E-state index contributed by atoms with van der Waals surface area (Å²) in [5.74, 6) is 0. The molecule has 1 aliphatic heterocycles. The van der Waals surface area contributed by atoms with Gasteiger partial charge in [0.2, 0.25) is 0 Å². The fourth-order valence-electron chi connectivity index (χ4n) is 1.79. The fourth-order valence-corrected chi connectivity index (χ4v) is 2.28. The molecule has 0 saturated carbocycles. The molecule has 0 aromatic heterocycles. The summed E-state index contributed by atoms with van der Waals surface area (Å²) in [5, 5.41) is 14.7. The summed E-state index contributed by atoms with van der Waals surface area (Å²) in [7, 11) is 0. The summed E-state index contributed by atoms with van der Waals surface area (Å²) < 4.78 is 0. The van der Waals surface area contributed by atoms with Gasteiger partial charge in [0.1, 0.15) is 11.0 Å². The SMILES string of the molecule is CCN(C=c1c(CBr)ccc2c1=NN=N2)CC. The number of rotatable bonds is 4. The van der Waals surface area contributed by atoms with Crippen LogP contribution < -0.4 is 10.6 Å². The number of alkyl halides is 1. The Morgan fingerprint density at radius 1 is 1.29 bits per heavy atom. The highest BCUT2D eigenvalue weighted by atomic mass is 79.9. The van der Waals surface area contributed by atoms with Gasteiger partial charge in [0, 0.05) is 29.8 Å². The molecular formula is C12H15BrN4. The first-order chi connectivity index (χ1) is 8.30. The standard InChI is InChI=1S/C12H15BrN4/c1-3-17(4-2)8-10-9(7-13)5-6-11-12(10)15-16-14-11/h5-6,8H,3-4,7H2,1-2H3. The first-order valence-corrected chi connectivity index (χ1v) is 6.84. The Labute approximate surface area is 109 Å². The number of halogens is 1. The van der Waals surface area contributed by atoms with Gasteiger partial charge >= 0.3 is 0 Å². The number of hydrogen-bond donors (Lipinski definition) is 0. The van der Waals surface area contributed by atoms with Crippen LogP contribution in [0.25, 0.3) is 6.20 Å². The van der Waals surface area contributed by atoms with Gasteiger partial charge in [-0.1, -0.05) is 22.0 Å². The molecule has 0 bridgehead atoms. The molecule has 0 unspecified atom stereocenters. The third-order valence-electron chi connectivity index (χ3n) is 2.85. The fraction of sp³-hybridized carbons (Fsp3) is 0.417. The summed E-state index contributed by atoms with van der Waals surface area (Å²) in [5.41, 5.74) is 2.07. The van der Waals surface area contributed by atoms with E-state index in [0.717, 1.165) is 34.7 Å². The van der Waals surface area contributed by atoms with E-state index < -0.39 is 0 Å². The van der Waals surface area contributed by atoms with E-state index in [2.05, 4.69) is 62.4 Å². The molecule has 1 aromatic rings. The van der Waals surface area contributed by atoms with Gasteiger partial charge in [-0.15, -0.1) is 10.2 Å². The molecule has 1 heterocycles. The minimum Gasteiger partial charge on any atom is -0.377 e. The van der Waals surface area contributed by atoms with Crippen molar-refractivity contribution in [1.82, 2.24) is 4.90 Å². The van der Waals surface area contributed by atoms with Crippen LogP contribution in [0.2, 0.25) is 0 Å². The highest BCUT2D eigenvalue weighted by Crippen LogP contribution is 2.10. The summed E-state index contributed by atoms with van der Waals surface area (Å²) in [6.07, 6.45) is 2.15. The monoisotopic (exact) mass is 294 g/mol. The summed E-state index contributed by atoms with van der Waals surface area (Å²) in [4.78, 5) is 2.25. The summed E-state index contributed by atoms with van der Waals surface area (Å²) in [6.45, 7) is 6.25. The Balaban J connectivity index is 2.63. The predicted octanol–water partition coefficient (Wildman–Crippen LogP) is 2.29. The zero-order valence-corrected chi connectivity index (χ0v) is 11.6. The average Bonchev–Trinajstić information content (AvgIpc) is 2.84. The maximum absolute atomic E-state index is 4.11. The zero-order valence-electron chi connectivity index (χ0n) is 10.0. The number of nitrogens with zero attached hydrogens (tertiary/aromatic N) is 4. The van der Waals surface area contributed by atoms with E-state index in [1.165, 1.54) is 5.56 Å². The Hall–Kier alpha value is -1.23. The molecule has 0 atom stereocenters. The molecule has 0 saturated heterocycles. The molecule has 1 aromatic carbocycles. The highest BCUT2D eigenvalue weighted by molar-refractivity contribution is 9.08. The minimum absolute atomic E-state index is 0.808. The minimum atomic E-state index is 0.808. The van der Waals surface area contributed by atoms with Crippen molar-refractivity contribution in [3.05, 3.63) is 28.3 Å². The molecule has 0 spiro atoms. The van der Waals surface area contributed by atoms with Crippen LogP contribution in [-0.2, 0) is 5.33 Å². The molecule has 0 N–H and O–H groups in total. The number of benzene rings is 1. The lowest BCUT2D eigenvalue weighted by Crippen LogP contribution is -2.32. The van der Waals surface area contributed by atoms with Crippen LogP contribution in [0.4, 0.5) is 5.69 Å². The molecule has 0 fully saturated rings. The molecule has 4 nitrogen and oxygen atoms in total. The summed E-state index contributed by atoms with van der Waals surface area (Å²) >= 11 is 3.51. The van der Waals surface area contributed by atoms with Gasteiger partial charge in [0.15, 0.2) is 0 Å². The topological polar surface area (TPSA) is 40.3 Å². The molecule has 1 aliphatic rings. The van der Waals surface area contributed by atoms with Crippen molar-refractivity contribution in [2.75, 3.05) is 13.1 Å². The van der Waals surface area contributed by atoms with Gasteiger partial charge in [0.05, 0.1) is 0 Å². The van der Waals surface area contributed by atoms with Crippen molar-refractivity contribution in [2.24, 2.45) is 15.4 Å². The first kappa shape index (κ1) is 12.2. The van der Waals surface area contributed by atoms with E-state index >= 15 is 0 Å². The molecular weight excluding hydrogens is 280 g/mol. The Morgan fingerprint density at radius 2 is 2.06 bits per heavy atom. The maximum atomic E-state index is 4.11. The van der Waals surface area contributed by atoms with E-state index in [1.807, 2.05) is 6.07 Å². The summed E-state index contributed by atoms with van der Waals surface area (Å²) in [6, 6.07) is 4.04. The van der Waals surface area contributed by atoms with Crippen molar-refractivity contribution in [3.63, 3.8) is 0 Å². The lowest BCUT2D eigenvalue weighted by molar-refractivity contribution is 0.457. The predicted molar refractivity (Wildman–Crippen MR) is 71.8 cm³/mol.